The summed E-state index contributed by atoms with van der Waals surface area (Å²) in [4.78, 5) is 18.3. The van der Waals surface area contributed by atoms with Crippen LogP contribution in [-0.4, -0.2) is 47.8 Å². The normalized spacial score (nSPS) is 18.8. The number of carbonyl (C=O) groups is 1. The van der Waals surface area contributed by atoms with Gasteiger partial charge in [0.25, 0.3) is 11.8 Å². The van der Waals surface area contributed by atoms with Gasteiger partial charge in [-0.3, -0.25) is 4.79 Å². The Labute approximate surface area is 173 Å². The van der Waals surface area contributed by atoms with Crippen molar-refractivity contribution in [2.45, 2.75) is 18.5 Å². The molecule has 156 valence electrons. The number of carbonyl (C=O) groups excluding carboxylic acids is 1. The van der Waals surface area contributed by atoms with Crippen molar-refractivity contribution in [1.82, 2.24) is 15.0 Å². The quantitative estimate of drug-likeness (QED) is 0.617. The largest absolute Gasteiger partial charge is 0.497 e. The van der Waals surface area contributed by atoms with E-state index < -0.39 is 5.67 Å². The van der Waals surface area contributed by atoms with Crippen molar-refractivity contribution in [2.24, 2.45) is 0 Å². The summed E-state index contributed by atoms with van der Waals surface area (Å²) in [5.74, 6) is 1.16. The zero-order valence-corrected chi connectivity index (χ0v) is 16.6. The molecule has 1 atom stereocenters. The number of hydrogen-bond acceptors (Lipinski definition) is 6. The maximum atomic E-state index is 15.6. The molecule has 1 unspecified atom stereocenters. The number of likely N-dealkylation sites (tertiary alicyclic amines) is 1. The smallest absolute Gasteiger partial charge is 0.266 e. The van der Waals surface area contributed by atoms with Gasteiger partial charge in [0.2, 0.25) is 11.5 Å². The molecule has 1 aliphatic rings. The maximum Gasteiger partial charge on any atom is 0.266 e. The zero-order chi connectivity index (χ0) is 21.0. The minimum Gasteiger partial charge on any atom is -0.497 e. The molecule has 1 amide bonds. The number of halogens is 1. The molecule has 1 aromatic heterocycles. The summed E-state index contributed by atoms with van der Waals surface area (Å²) < 4.78 is 31.5. The Hall–Kier alpha value is -3.42. The van der Waals surface area contributed by atoms with Crippen LogP contribution in [-0.2, 0) is 10.5 Å². The Morgan fingerprint density at radius 1 is 1.17 bits per heavy atom. The van der Waals surface area contributed by atoms with Crippen LogP contribution in [0.15, 0.2) is 59.1 Å². The number of alkyl halides is 1. The van der Waals surface area contributed by atoms with Crippen LogP contribution in [0.3, 0.4) is 0 Å². The number of hydrogen-bond donors (Lipinski definition) is 0. The van der Waals surface area contributed by atoms with E-state index >= 15 is 4.39 Å². The molecule has 0 spiro atoms. The number of amides is 1. The lowest BCUT2D eigenvalue weighted by molar-refractivity contribution is -0.138. The van der Waals surface area contributed by atoms with Crippen molar-refractivity contribution in [2.75, 3.05) is 26.8 Å². The number of ether oxygens (including phenoxy) is 2. The maximum absolute atomic E-state index is 15.6. The van der Waals surface area contributed by atoms with Crippen LogP contribution in [0, 0.1) is 0 Å². The van der Waals surface area contributed by atoms with E-state index in [0.29, 0.717) is 30.3 Å². The molecule has 1 aliphatic heterocycles. The van der Waals surface area contributed by atoms with E-state index in [2.05, 4.69) is 10.1 Å². The van der Waals surface area contributed by atoms with E-state index in [1.54, 1.807) is 31.4 Å². The van der Waals surface area contributed by atoms with Gasteiger partial charge in [-0.1, -0.05) is 35.5 Å². The summed E-state index contributed by atoms with van der Waals surface area (Å²) in [6.07, 6.45) is 0.709. The lowest BCUT2D eigenvalue weighted by Crippen LogP contribution is -2.48. The predicted molar refractivity (Wildman–Crippen MR) is 107 cm³/mol. The second-order valence-electron chi connectivity index (χ2n) is 7.14. The molecule has 0 bridgehead atoms. The van der Waals surface area contributed by atoms with Crippen molar-refractivity contribution < 1.29 is 23.2 Å². The summed E-state index contributed by atoms with van der Waals surface area (Å²) in [5.41, 5.74) is -1.14. The van der Waals surface area contributed by atoms with Crippen LogP contribution < -0.4 is 9.47 Å². The van der Waals surface area contributed by atoms with Gasteiger partial charge in [-0.05, 0) is 37.1 Å². The van der Waals surface area contributed by atoms with Gasteiger partial charge in [0.1, 0.15) is 11.5 Å². The SMILES string of the molecule is COc1ccc(OCC(=O)N2CCCC(F)(c3nc(-c4ccccc4)no3)C2)cc1. The molecular weight excluding hydrogens is 389 g/mol. The standard InChI is InChI=1S/C22H22FN3O4/c1-28-17-8-10-18(11-9-17)29-14-19(27)26-13-5-12-22(23,15-26)21-24-20(25-30-21)16-6-3-2-4-7-16/h2-4,6-11H,5,12-15H2,1H3. The molecule has 0 saturated carbocycles. The third kappa shape index (κ3) is 4.27. The van der Waals surface area contributed by atoms with E-state index in [0.717, 1.165) is 5.56 Å². The summed E-state index contributed by atoms with van der Waals surface area (Å²) in [7, 11) is 1.57. The van der Waals surface area contributed by atoms with Crippen LogP contribution in [0.5, 0.6) is 11.5 Å². The van der Waals surface area contributed by atoms with Crippen LogP contribution in [0.1, 0.15) is 18.7 Å². The first-order valence-electron chi connectivity index (χ1n) is 9.70. The molecule has 0 aliphatic carbocycles. The second-order valence-corrected chi connectivity index (χ2v) is 7.14. The van der Waals surface area contributed by atoms with E-state index in [9.17, 15) is 4.79 Å². The fourth-order valence-electron chi connectivity index (χ4n) is 3.42. The van der Waals surface area contributed by atoms with Crippen LogP contribution in [0.4, 0.5) is 4.39 Å². The monoisotopic (exact) mass is 411 g/mol. The zero-order valence-electron chi connectivity index (χ0n) is 16.6. The Bertz CT molecular complexity index is 993. The fourth-order valence-corrected chi connectivity index (χ4v) is 3.42. The highest BCUT2D eigenvalue weighted by Gasteiger charge is 2.43. The molecule has 0 N–H and O–H groups in total. The van der Waals surface area contributed by atoms with Gasteiger partial charge in [-0.25, -0.2) is 4.39 Å². The molecule has 2 heterocycles. The average molecular weight is 411 g/mol. The molecule has 1 saturated heterocycles. The summed E-state index contributed by atoms with van der Waals surface area (Å²) >= 11 is 0. The fraction of sp³-hybridized carbons (Fsp3) is 0.318. The summed E-state index contributed by atoms with van der Waals surface area (Å²) in [6, 6.07) is 16.1. The van der Waals surface area contributed by atoms with Crippen LogP contribution in [0.25, 0.3) is 11.4 Å². The predicted octanol–water partition coefficient (Wildman–Crippen LogP) is 3.61. The molecule has 0 radical (unpaired) electrons. The molecule has 8 heteroatoms. The number of piperidine rings is 1. The van der Waals surface area contributed by atoms with Gasteiger partial charge in [-0.2, -0.15) is 4.98 Å². The molecule has 3 aromatic rings. The summed E-state index contributed by atoms with van der Waals surface area (Å²) in [6.45, 7) is 0.131. The molecule has 4 rings (SSSR count). The minimum absolute atomic E-state index is 0.102. The highest BCUT2D eigenvalue weighted by molar-refractivity contribution is 5.78. The summed E-state index contributed by atoms with van der Waals surface area (Å²) in [5, 5.41) is 3.90. The topological polar surface area (TPSA) is 77.7 Å². The third-order valence-corrected chi connectivity index (χ3v) is 5.06. The molecule has 30 heavy (non-hydrogen) atoms. The number of methoxy groups -OCH3 is 1. The number of aromatic nitrogens is 2. The number of benzene rings is 2. The number of rotatable bonds is 6. The Balaban J connectivity index is 1.40. The van der Waals surface area contributed by atoms with Crippen molar-refractivity contribution >= 4 is 5.91 Å². The average Bonchev–Trinajstić information content (AvgIpc) is 3.30. The van der Waals surface area contributed by atoms with Crippen molar-refractivity contribution in [3.63, 3.8) is 0 Å². The van der Waals surface area contributed by atoms with Crippen molar-refractivity contribution in [1.29, 1.82) is 0 Å². The Kier molecular flexibility index (Phi) is 5.65. The molecule has 2 aromatic carbocycles. The lowest BCUT2D eigenvalue weighted by atomic mass is 9.94. The van der Waals surface area contributed by atoms with Crippen LogP contribution in [0.2, 0.25) is 0 Å². The van der Waals surface area contributed by atoms with E-state index in [1.165, 1.54) is 4.90 Å². The third-order valence-electron chi connectivity index (χ3n) is 5.06. The van der Waals surface area contributed by atoms with Crippen molar-refractivity contribution in [3.05, 3.63) is 60.5 Å². The number of nitrogens with zero attached hydrogens (tertiary/aromatic N) is 3. The first kappa shape index (κ1) is 19.9. The first-order valence-corrected chi connectivity index (χ1v) is 9.70. The molecular formula is C22H22FN3O4. The van der Waals surface area contributed by atoms with Gasteiger partial charge in [0.05, 0.1) is 13.7 Å². The lowest BCUT2D eigenvalue weighted by Gasteiger charge is -2.35. The second kappa shape index (κ2) is 8.52. The van der Waals surface area contributed by atoms with Gasteiger partial charge < -0.3 is 18.9 Å². The highest BCUT2D eigenvalue weighted by atomic mass is 19.1. The Morgan fingerprint density at radius 3 is 2.63 bits per heavy atom. The van der Waals surface area contributed by atoms with E-state index in [1.807, 2.05) is 30.3 Å². The minimum atomic E-state index is -1.88. The highest BCUT2D eigenvalue weighted by Crippen LogP contribution is 2.35. The molecule has 7 nitrogen and oxygen atoms in total. The molecule has 1 fully saturated rings. The van der Waals surface area contributed by atoms with Gasteiger partial charge in [0.15, 0.2) is 6.61 Å². The van der Waals surface area contributed by atoms with Gasteiger partial charge >= 0.3 is 0 Å². The van der Waals surface area contributed by atoms with E-state index in [4.69, 9.17) is 14.0 Å². The van der Waals surface area contributed by atoms with Crippen LogP contribution >= 0.6 is 0 Å². The van der Waals surface area contributed by atoms with Crippen molar-refractivity contribution in [3.8, 4) is 22.9 Å². The first-order chi connectivity index (χ1) is 14.6. The van der Waals surface area contributed by atoms with Gasteiger partial charge in [-0.15, -0.1) is 0 Å². The van der Waals surface area contributed by atoms with E-state index in [-0.39, 0.29) is 31.4 Å². The Morgan fingerprint density at radius 2 is 1.90 bits per heavy atom. The van der Waals surface area contributed by atoms with Gasteiger partial charge in [0, 0.05) is 12.1 Å².